The summed E-state index contributed by atoms with van der Waals surface area (Å²) >= 11 is 0. The van der Waals surface area contributed by atoms with Gasteiger partial charge in [0.25, 0.3) is 0 Å². The summed E-state index contributed by atoms with van der Waals surface area (Å²) in [5, 5.41) is 8.38. The fourth-order valence-electron chi connectivity index (χ4n) is 0.581. The van der Waals surface area contributed by atoms with E-state index in [4.69, 9.17) is 19.1 Å². The van der Waals surface area contributed by atoms with Crippen molar-refractivity contribution in [1.82, 2.24) is 0 Å². The SMILES string of the molecule is O=C(O)c1ccccc1.[C-]#[O+].[C-]#[O+].[C-]#[O+].[CH2]C=C.[Ru]. The van der Waals surface area contributed by atoms with E-state index in [-0.39, 0.29) is 19.5 Å². The molecule has 0 saturated carbocycles. The normalized spacial score (nSPS) is 5.21. The van der Waals surface area contributed by atoms with Crippen molar-refractivity contribution in [1.29, 1.82) is 0 Å². The zero-order valence-electron chi connectivity index (χ0n) is 9.81. The maximum absolute atomic E-state index is 10.2. The third kappa shape index (κ3) is 31.4. The number of hydrogen-bond acceptors (Lipinski definition) is 1. The van der Waals surface area contributed by atoms with Gasteiger partial charge in [0.15, 0.2) is 0 Å². The molecule has 0 atom stereocenters. The Bertz CT molecular complexity index is 340. The molecule has 1 aromatic rings. The second kappa shape index (κ2) is 36.0. The molecule has 1 aromatic carbocycles. The van der Waals surface area contributed by atoms with Crippen LogP contribution in [0.4, 0.5) is 0 Å². The maximum atomic E-state index is 10.2. The van der Waals surface area contributed by atoms with Crippen LogP contribution in [0.25, 0.3) is 0 Å². The molecule has 0 unspecified atom stereocenters. The number of carbonyl (C=O) groups is 1. The molecule has 1 rings (SSSR count). The third-order valence-electron chi connectivity index (χ3n) is 1.02. The smallest absolute Gasteiger partial charge is 0 e. The third-order valence-corrected chi connectivity index (χ3v) is 1.02. The number of allylic oxidation sites excluding steroid dienone is 1. The van der Waals surface area contributed by atoms with Gasteiger partial charge in [0.05, 0.1) is 5.56 Å². The fourth-order valence-corrected chi connectivity index (χ4v) is 0.581. The molecule has 0 saturated heterocycles. The van der Waals surface area contributed by atoms with Crippen molar-refractivity contribution in [3.8, 4) is 0 Å². The standard InChI is InChI=1S/C7H6O2.C3H5.3CO.Ru/c8-7(9)6-4-2-1-3-5-6;1-3-2;3*1-2;/h1-5H,(H,8,9);3H,1-2H2;;;;. The van der Waals surface area contributed by atoms with E-state index in [1.54, 1.807) is 30.3 Å². The van der Waals surface area contributed by atoms with Gasteiger partial charge in [0.1, 0.15) is 0 Å². The van der Waals surface area contributed by atoms with Crippen LogP contribution in [0.15, 0.2) is 43.0 Å². The predicted molar refractivity (Wildman–Crippen MR) is 60.7 cm³/mol. The number of benzene rings is 1. The summed E-state index contributed by atoms with van der Waals surface area (Å²) in [7, 11) is 0. The van der Waals surface area contributed by atoms with Crippen LogP contribution in [-0.4, -0.2) is 11.1 Å². The van der Waals surface area contributed by atoms with Crippen LogP contribution in [-0.2, 0) is 33.4 Å². The molecule has 0 amide bonds. The molecule has 0 aliphatic carbocycles. The van der Waals surface area contributed by atoms with Gasteiger partial charge in [-0.3, -0.25) is 0 Å². The first kappa shape index (κ1) is 30.4. The Morgan fingerprint density at radius 3 is 1.47 bits per heavy atom. The van der Waals surface area contributed by atoms with Crippen LogP contribution in [0.3, 0.4) is 0 Å². The van der Waals surface area contributed by atoms with Gasteiger partial charge in [0.2, 0.25) is 0 Å². The zero-order valence-corrected chi connectivity index (χ0v) is 11.6. The molecule has 1 N–H and O–H groups in total. The van der Waals surface area contributed by atoms with Crippen molar-refractivity contribution in [2.75, 3.05) is 0 Å². The van der Waals surface area contributed by atoms with E-state index in [1.807, 2.05) is 0 Å². The van der Waals surface area contributed by atoms with Crippen LogP contribution >= 0.6 is 0 Å². The Balaban J connectivity index is -0.0000000561. The van der Waals surface area contributed by atoms with Gasteiger partial charge in [-0.25, -0.2) is 4.79 Å². The average molecular weight is 348 g/mol. The van der Waals surface area contributed by atoms with Gasteiger partial charge in [-0.1, -0.05) is 24.3 Å². The van der Waals surface area contributed by atoms with E-state index >= 15 is 0 Å². The van der Waals surface area contributed by atoms with Crippen molar-refractivity contribution in [2.24, 2.45) is 0 Å². The molecule has 0 aliphatic rings. The largest absolute Gasteiger partial charge is 0.103 e. The van der Waals surface area contributed by atoms with E-state index in [9.17, 15) is 4.79 Å². The van der Waals surface area contributed by atoms with E-state index in [0.717, 1.165) is 0 Å². The number of rotatable bonds is 1. The van der Waals surface area contributed by atoms with Crippen LogP contribution < -0.4 is 0 Å². The average Bonchev–Trinajstić information content (AvgIpc) is 2.47. The Morgan fingerprint density at radius 2 is 1.32 bits per heavy atom. The van der Waals surface area contributed by atoms with Crippen molar-refractivity contribution >= 4 is 5.97 Å². The Labute approximate surface area is 125 Å². The molecule has 1 radical (unpaired) electrons. The van der Waals surface area contributed by atoms with Crippen LogP contribution in [0, 0.1) is 26.9 Å². The molecule has 6 heteroatoms. The van der Waals surface area contributed by atoms with Gasteiger partial charge >= 0.3 is 39.9 Å². The molecule has 0 spiro atoms. The number of hydrogen-bond donors (Lipinski definition) is 1. The molecule has 0 aromatic heterocycles. The van der Waals surface area contributed by atoms with Crippen LogP contribution in [0.2, 0.25) is 0 Å². The molecule has 0 fully saturated rings. The summed E-state index contributed by atoms with van der Waals surface area (Å²) in [6.45, 7) is 20.0. The molecule has 19 heavy (non-hydrogen) atoms. The van der Waals surface area contributed by atoms with Crippen LogP contribution in [0.1, 0.15) is 10.4 Å². The second-order valence-corrected chi connectivity index (χ2v) is 1.96. The Morgan fingerprint density at radius 1 is 1.05 bits per heavy atom. The maximum Gasteiger partial charge on any atom is 0 e. The molecule has 0 aliphatic heterocycles. The van der Waals surface area contributed by atoms with Gasteiger partial charge in [-0.15, -0.1) is 6.58 Å². The van der Waals surface area contributed by atoms with Gasteiger partial charge < -0.3 is 5.11 Å². The number of carboxylic acids is 1. The summed E-state index contributed by atoms with van der Waals surface area (Å²) in [5.41, 5.74) is 0.331. The summed E-state index contributed by atoms with van der Waals surface area (Å²) < 4.78 is 22.5. The predicted octanol–water partition coefficient (Wildman–Crippen LogP) is 2.28. The molecule has 0 heterocycles. The van der Waals surface area contributed by atoms with Crippen LogP contribution in [0.5, 0.6) is 0 Å². The summed E-state index contributed by atoms with van der Waals surface area (Å²) in [5.74, 6) is -0.879. The van der Waals surface area contributed by atoms with Gasteiger partial charge in [0, 0.05) is 19.5 Å². The van der Waals surface area contributed by atoms with E-state index < -0.39 is 5.97 Å². The van der Waals surface area contributed by atoms with Crippen molar-refractivity contribution in [3.05, 3.63) is 75.4 Å². The van der Waals surface area contributed by atoms with Gasteiger partial charge in [-0.2, -0.15) is 0 Å². The Kier molecular flexibility index (Phi) is 57.5. The fraction of sp³-hybridized carbons (Fsp3) is 0. The quantitative estimate of drug-likeness (QED) is 0.479. The van der Waals surface area contributed by atoms with Gasteiger partial charge in [-0.05, 0) is 19.1 Å². The first-order valence-electron chi connectivity index (χ1n) is 4.02. The summed E-state index contributed by atoms with van der Waals surface area (Å²) in [4.78, 5) is 10.2. The monoisotopic (exact) mass is 349 g/mol. The second-order valence-electron chi connectivity index (χ2n) is 1.96. The molecule has 101 valence electrons. The van der Waals surface area contributed by atoms with E-state index in [0.29, 0.717) is 5.56 Å². The molecule has 5 nitrogen and oxygen atoms in total. The molecular weight excluding hydrogens is 337 g/mol. The summed E-state index contributed by atoms with van der Waals surface area (Å²) in [6, 6.07) is 8.30. The summed E-state index contributed by atoms with van der Waals surface area (Å²) in [6.07, 6.45) is 1.50. The molecule has 0 bridgehead atoms. The topological polar surface area (TPSA) is 97.0 Å². The minimum Gasteiger partial charge on any atom is -0.103 e. The Hall–Kier alpha value is -1.73. The minimum absolute atomic E-state index is 0. The van der Waals surface area contributed by atoms with Crippen molar-refractivity contribution < 1.29 is 43.3 Å². The number of carboxylic acid groups (broad SMARTS) is 1. The molecular formula is C13H11O5Ru. The number of aromatic carboxylic acids is 1. The zero-order chi connectivity index (χ0) is 15.4. The van der Waals surface area contributed by atoms with Crippen molar-refractivity contribution in [3.63, 3.8) is 0 Å². The first-order chi connectivity index (χ1) is 8.72. The first-order valence-corrected chi connectivity index (χ1v) is 4.02. The van der Waals surface area contributed by atoms with Crippen molar-refractivity contribution in [2.45, 2.75) is 0 Å². The minimum atomic E-state index is -0.879. The van der Waals surface area contributed by atoms with E-state index in [2.05, 4.69) is 33.5 Å². The van der Waals surface area contributed by atoms with E-state index in [1.165, 1.54) is 6.08 Å².